The van der Waals surface area contributed by atoms with Crippen molar-refractivity contribution in [2.45, 2.75) is 51.7 Å². The molecule has 0 spiro atoms. The Balaban J connectivity index is 2.28. The molecule has 2 aromatic heterocycles. The molecule has 0 aliphatic rings. The molecule has 1 aromatic carbocycles. The van der Waals surface area contributed by atoms with E-state index in [0.717, 1.165) is 5.01 Å². The third-order valence-corrected chi connectivity index (χ3v) is 9.20. The van der Waals surface area contributed by atoms with Crippen molar-refractivity contribution in [3.63, 3.8) is 0 Å². The largest absolute Gasteiger partial charge is 0.368 e. The van der Waals surface area contributed by atoms with Crippen LogP contribution in [0.2, 0.25) is 5.02 Å². The average molecular weight is 497 g/mol. The van der Waals surface area contributed by atoms with Crippen LogP contribution in [0.25, 0.3) is 21.8 Å². The van der Waals surface area contributed by atoms with Crippen LogP contribution in [0, 0.1) is 5.82 Å². The number of thiazole rings is 1. The maximum absolute atomic E-state index is 14.7. The lowest BCUT2D eigenvalue weighted by Gasteiger charge is -2.17. The van der Waals surface area contributed by atoms with Gasteiger partial charge < -0.3 is 5.73 Å². The molecule has 3 rings (SSSR count). The van der Waals surface area contributed by atoms with Crippen LogP contribution in [0.1, 0.15) is 56.9 Å². The molecular weight excluding hydrogens is 471 g/mol. The molecule has 6 nitrogen and oxygen atoms in total. The quantitative estimate of drug-likeness (QED) is 0.461. The first kappa shape index (κ1) is 24.5. The Hall–Kier alpha value is -2.10. The van der Waals surface area contributed by atoms with E-state index in [2.05, 4.69) is 9.97 Å². The summed E-state index contributed by atoms with van der Waals surface area (Å²) in [5.74, 6) is -0.493. The van der Waals surface area contributed by atoms with Crippen molar-refractivity contribution in [1.29, 1.82) is 0 Å². The van der Waals surface area contributed by atoms with Crippen LogP contribution in [0.3, 0.4) is 0 Å². The number of halogens is 2. The Bertz CT molecular complexity index is 1250. The van der Waals surface area contributed by atoms with Gasteiger partial charge in [-0.25, -0.2) is 27.8 Å². The van der Waals surface area contributed by atoms with Gasteiger partial charge in [-0.2, -0.15) is 0 Å². The number of hydrogen-bond donors (Lipinski definition) is 1. The van der Waals surface area contributed by atoms with Crippen molar-refractivity contribution in [2.75, 3.05) is 11.5 Å². The van der Waals surface area contributed by atoms with E-state index in [9.17, 15) is 12.8 Å². The van der Waals surface area contributed by atoms with Crippen molar-refractivity contribution in [3.05, 3.63) is 45.8 Å². The van der Waals surface area contributed by atoms with E-state index in [1.54, 1.807) is 13.0 Å². The zero-order valence-electron chi connectivity index (χ0n) is 18.6. The summed E-state index contributed by atoms with van der Waals surface area (Å²) in [4.78, 5) is 13.7. The maximum atomic E-state index is 14.7. The third-order valence-electron chi connectivity index (χ3n) is 4.96. The van der Waals surface area contributed by atoms with Crippen LogP contribution in [0.5, 0.6) is 0 Å². The minimum absolute atomic E-state index is 0.00726. The highest BCUT2D eigenvalue weighted by atomic mass is 35.5. The highest BCUT2D eigenvalue weighted by molar-refractivity contribution is 7.91. The molecule has 2 N–H and O–H groups in total. The van der Waals surface area contributed by atoms with Crippen LogP contribution in [-0.2, 0) is 15.3 Å². The second-order valence-electron chi connectivity index (χ2n) is 8.61. The second kappa shape index (κ2) is 9.03. The van der Waals surface area contributed by atoms with E-state index < -0.39 is 20.9 Å². The van der Waals surface area contributed by atoms with Gasteiger partial charge in [-0.15, -0.1) is 11.3 Å². The zero-order valence-corrected chi connectivity index (χ0v) is 21.0. The second-order valence-corrected chi connectivity index (χ2v) is 12.4. The van der Waals surface area contributed by atoms with Gasteiger partial charge in [-0.05, 0) is 37.1 Å². The molecule has 0 saturated heterocycles. The molecule has 3 aromatic rings. The number of anilines is 1. The minimum atomic E-state index is -3.49. The van der Waals surface area contributed by atoms with Crippen LogP contribution < -0.4 is 5.73 Å². The summed E-state index contributed by atoms with van der Waals surface area (Å²) in [5.41, 5.74) is 7.00. The van der Waals surface area contributed by atoms with Crippen molar-refractivity contribution >= 4 is 38.7 Å². The highest BCUT2D eigenvalue weighted by Crippen LogP contribution is 2.44. The lowest BCUT2D eigenvalue weighted by Crippen LogP contribution is -2.15. The molecule has 0 bridgehead atoms. The van der Waals surface area contributed by atoms with Gasteiger partial charge in [0.25, 0.3) is 0 Å². The van der Waals surface area contributed by atoms with E-state index in [4.69, 9.17) is 22.3 Å². The molecule has 1 unspecified atom stereocenters. The summed E-state index contributed by atoms with van der Waals surface area (Å²) < 4.78 is 40.1. The van der Waals surface area contributed by atoms with Crippen LogP contribution >= 0.6 is 22.9 Å². The first-order valence-corrected chi connectivity index (χ1v) is 13.1. The van der Waals surface area contributed by atoms with Gasteiger partial charge in [0.15, 0.2) is 9.84 Å². The SMILES string of the molecule is CCCS(=O)(=O)C(C)c1cc(F)cc(-c2nc(C(C)(C)C)sc2-c2ccnc(N)n2)c1Cl. The van der Waals surface area contributed by atoms with Crippen molar-refractivity contribution in [2.24, 2.45) is 0 Å². The predicted octanol–water partition coefficient (Wildman–Crippen LogP) is 5.83. The molecule has 0 radical (unpaired) electrons. The normalized spacial score (nSPS) is 13.3. The number of nitrogen functional groups attached to an aromatic ring is 1. The van der Waals surface area contributed by atoms with E-state index in [1.807, 2.05) is 20.8 Å². The Kier molecular flexibility index (Phi) is 6.93. The number of aromatic nitrogens is 3. The molecule has 10 heteroatoms. The fourth-order valence-corrected chi connectivity index (χ4v) is 6.26. The van der Waals surface area contributed by atoms with E-state index in [0.29, 0.717) is 28.2 Å². The first-order valence-electron chi connectivity index (χ1n) is 10.2. The van der Waals surface area contributed by atoms with E-state index >= 15 is 0 Å². The van der Waals surface area contributed by atoms with Crippen molar-refractivity contribution < 1.29 is 12.8 Å². The summed E-state index contributed by atoms with van der Waals surface area (Å²) in [6.07, 6.45) is 2.00. The third kappa shape index (κ3) is 4.94. The molecular formula is C22H26ClFN4O2S2. The Morgan fingerprint density at radius 2 is 1.94 bits per heavy atom. The topological polar surface area (TPSA) is 98.8 Å². The summed E-state index contributed by atoms with van der Waals surface area (Å²) in [5, 5.41) is 0.00379. The number of hydrogen-bond acceptors (Lipinski definition) is 7. The fraction of sp³-hybridized carbons (Fsp3) is 0.409. The number of sulfone groups is 1. The molecule has 172 valence electrons. The molecule has 0 fully saturated rings. The number of nitrogens with two attached hydrogens (primary N) is 1. The smallest absolute Gasteiger partial charge is 0.220 e. The molecule has 0 aliphatic carbocycles. The van der Waals surface area contributed by atoms with Crippen LogP contribution in [0.4, 0.5) is 10.3 Å². The van der Waals surface area contributed by atoms with Gasteiger partial charge >= 0.3 is 0 Å². The lowest BCUT2D eigenvalue weighted by molar-refractivity contribution is 0.583. The standard InChI is InChI=1S/C22H26ClFN4O2S2/c1-6-9-32(29,30)12(2)14-10-13(24)11-15(17(14)23)18-19(16-7-8-26-21(25)27-16)31-20(28-18)22(3,4)5/h7-8,10-12H,6,9H2,1-5H3,(H2,25,26,27). The molecule has 0 saturated carbocycles. The number of nitrogens with zero attached hydrogens (tertiary/aromatic N) is 3. The number of rotatable bonds is 6. The van der Waals surface area contributed by atoms with Crippen LogP contribution in [0.15, 0.2) is 24.4 Å². The predicted molar refractivity (Wildman–Crippen MR) is 129 cm³/mol. The molecule has 32 heavy (non-hydrogen) atoms. The van der Waals surface area contributed by atoms with Gasteiger partial charge in [0, 0.05) is 17.2 Å². The Labute approximate surface area is 197 Å². The summed E-state index contributed by atoms with van der Waals surface area (Å²) >= 11 is 8.12. The Morgan fingerprint density at radius 3 is 2.53 bits per heavy atom. The molecule has 0 amide bonds. The van der Waals surface area contributed by atoms with Crippen molar-refractivity contribution in [3.8, 4) is 21.8 Å². The minimum Gasteiger partial charge on any atom is -0.368 e. The molecule has 1 atom stereocenters. The van der Waals surface area contributed by atoms with Crippen molar-refractivity contribution in [1.82, 2.24) is 15.0 Å². The van der Waals surface area contributed by atoms with Crippen LogP contribution in [-0.4, -0.2) is 29.1 Å². The van der Waals surface area contributed by atoms with E-state index in [1.165, 1.54) is 36.6 Å². The number of benzene rings is 1. The summed E-state index contributed by atoms with van der Waals surface area (Å²) in [7, 11) is -3.49. The van der Waals surface area contributed by atoms with Gasteiger partial charge in [0.1, 0.15) is 5.82 Å². The van der Waals surface area contributed by atoms with Gasteiger partial charge in [-0.1, -0.05) is 39.3 Å². The van der Waals surface area contributed by atoms with Gasteiger partial charge in [0.2, 0.25) is 5.95 Å². The Morgan fingerprint density at radius 1 is 1.25 bits per heavy atom. The average Bonchev–Trinajstić information content (AvgIpc) is 3.14. The fourth-order valence-electron chi connectivity index (χ4n) is 3.23. The first-order chi connectivity index (χ1) is 14.8. The zero-order chi connectivity index (χ0) is 23.8. The highest BCUT2D eigenvalue weighted by Gasteiger charge is 2.29. The summed E-state index contributed by atoms with van der Waals surface area (Å²) in [6, 6.07) is 4.16. The van der Waals surface area contributed by atoms with Gasteiger partial charge in [-0.3, -0.25) is 0 Å². The maximum Gasteiger partial charge on any atom is 0.220 e. The van der Waals surface area contributed by atoms with Gasteiger partial charge in [0.05, 0.1) is 37.3 Å². The molecule has 2 heterocycles. The lowest BCUT2D eigenvalue weighted by atomic mass is 9.98. The van der Waals surface area contributed by atoms with E-state index in [-0.39, 0.29) is 27.7 Å². The monoisotopic (exact) mass is 496 g/mol. The summed E-state index contributed by atoms with van der Waals surface area (Å²) in [6.45, 7) is 9.37. The molecule has 0 aliphatic heterocycles.